The van der Waals surface area contributed by atoms with Crippen molar-refractivity contribution in [3.05, 3.63) is 0 Å². The molecule has 78 valence electrons. The number of hydrogen-bond acceptors (Lipinski definition) is 3. The van der Waals surface area contributed by atoms with E-state index in [4.69, 9.17) is 24.7 Å². The molecule has 0 atom stereocenters. The fraction of sp³-hybridized carbons (Fsp3) is 1.00. The van der Waals surface area contributed by atoms with Crippen LogP contribution >= 0.6 is 15.2 Å². The maximum absolute atomic E-state index is 10.3. The Labute approximate surface area is 81.8 Å². The van der Waals surface area contributed by atoms with Crippen LogP contribution in [0.3, 0.4) is 0 Å². The summed E-state index contributed by atoms with van der Waals surface area (Å²) >= 11 is 0. The van der Waals surface area contributed by atoms with E-state index in [1.807, 2.05) is 0 Å². The van der Waals surface area contributed by atoms with Crippen molar-refractivity contribution in [3.8, 4) is 0 Å². The smallest absolute Gasteiger partial charge is 0.368 e. The predicted octanol–water partition coefficient (Wildman–Crippen LogP) is -0.995. The molecular formula is C2H8O7P2Pd. The van der Waals surface area contributed by atoms with Crippen molar-refractivity contribution >= 4 is 15.2 Å². The first kappa shape index (κ1) is 15.4. The molecule has 0 saturated heterocycles. The van der Waals surface area contributed by atoms with E-state index in [9.17, 15) is 9.13 Å². The second-order valence-corrected chi connectivity index (χ2v) is 6.33. The minimum absolute atomic E-state index is 0. The standard InChI is InChI=1S/C2H8O7P2.Pd/c1-2(3,10(4,5)6)11(7,8)9;/h3H,1H3,(H2,4,5,6)(H2,7,8,9);. The molecule has 10 heteroatoms. The predicted molar refractivity (Wildman–Crippen MR) is 34.7 cm³/mol. The van der Waals surface area contributed by atoms with Crippen molar-refractivity contribution in [2.75, 3.05) is 0 Å². The van der Waals surface area contributed by atoms with Gasteiger partial charge in [0.1, 0.15) is 0 Å². The first-order chi connectivity index (χ1) is 4.50. The maximum atomic E-state index is 10.3. The number of rotatable bonds is 2. The van der Waals surface area contributed by atoms with E-state index in [0.29, 0.717) is 6.92 Å². The molecule has 0 saturated carbocycles. The van der Waals surface area contributed by atoms with E-state index in [1.54, 1.807) is 0 Å². The van der Waals surface area contributed by atoms with E-state index >= 15 is 0 Å². The van der Waals surface area contributed by atoms with E-state index in [1.165, 1.54) is 0 Å². The first-order valence-electron chi connectivity index (χ1n) is 2.34. The fourth-order valence-electron chi connectivity index (χ4n) is 0.170. The van der Waals surface area contributed by atoms with E-state index in [-0.39, 0.29) is 20.4 Å². The average Bonchev–Trinajstić information content (AvgIpc) is 1.58. The van der Waals surface area contributed by atoms with Gasteiger partial charge in [-0.3, -0.25) is 9.13 Å². The van der Waals surface area contributed by atoms with Crippen LogP contribution in [-0.2, 0) is 29.6 Å². The summed E-state index contributed by atoms with van der Waals surface area (Å²) in [6.07, 6.45) is 0. The Morgan fingerprint density at radius 2 is 1.17 bits per heavy atom. The molecule has 0 heterocycles. The molecule has 0 spiro atoms. The molecule has 0 aromatic heterocycles. The largest absolute Gasteiger partial charge is 0.369 e. The molecule has 0 fully saturated rings. The third kappa shape index (κ3) is 3.00. The van der Waals surface area contributed by atoms with Crippen LogP contribution in [0.15, 0.2) is 0 Å². The zero-order valence-corrected chi connectivity index (χ0v) is 9.11. The Kier molecular flexibility index (Phi) is 5.10. The summed E-state index contributed by atoms with van der Waals surface area (Å²) in [4.78, 5) is 33.0. The molecule has 0 bridgehead atoms. The molecule has 0 aliphatic carbocycles. The average molecular weight is 312 g/mol. The molecule has 12 heavy (non-hydrogen) atoms. The van der Waals surface area contributed by atoms with Gasteiger partial charge in [-0.15, -0.1) is 0 Å². The molecule has 0 aromatic carbocycles. The minimum Gasteiger partial charge on any atom is -0.368 e. The van der Waals surface area contributed by atoms with Gasteiger partial charge in [0.2, 0.25) is 0 Å². The quantitative estimate of drug-likeness (QED) is 0.326. The van der Waals surface area contributed by atoms with Crippen molar-refractivity contribution in [2.24, 2.45) is 0 Å². The zero-order chi connectivity index (χ0) is 9.50. The van der Waals surface area contributed by atoms with Crippen molar-refractivity contribution in [1.29, 1.82) is 0 Å². The SMILES string of the molecule is CC(O)(P(=O)(O)O)P(=O)(O)O.[Pd]. The second kappa shape index (κ2) is 3.97. The second-order valence-electron chi connectivity index (χ2n) is 2.06. The summed E-state index contributed by atoms with van der Waals surface area (Å²) < 4.78 is 20.5. The summed E-state index contributed by atoms with van der Waals surface area (Å²) in [7, 11) is -10.4. The molecule has 5 N–H and O–H groups in total. The van der Waals surface area contributed by atoms with Crippen molar-refractivity contribution in [1.82, 2.24) is 0 Å². The van der Waals surface area contributed by atoms with Gasteiger partial charge in [0.05, 0.1) is 0 Å². The van der Waals surface area contributed by atoms with Crippen LogP contribution in [0.4, 0.5) is 0 Å². The summed E-state index contributed by atoms with van der Waals surface area (Å²) in [5.41, 5.74) is 0. The van der Waals surface area contributed by atoms with Gasteiger partial charge in [-0.05, 0) is 6.92 Å². The normalized spacial score (nSPS) is 13.8. The van der Waals surface area contributed by atoms with Gasteiger partial charge in [-0.25, -0.2) is 0 Å². The van der Waals surface area contributed by atoms with Crippen LogP contribution in [0.1, 0.15) is 6.92 Å². The number of hydrogen-bond donors (Lipinski definition) is 5. The van der Waals surface area contributed by atoms with Crippen LogP contribution in [0.2, 0.25) is 0 Å². The molecule has 7 nitrogen and oxygen atoms in total. The van der Waals surface area contributed by atoms with E-state index in [0.717, 1.165) is 0 Å². The van der Waals surface area contributed by atoms with Gasteiger partial charge in [0.25, 0.3) is 5.08 Å². The van der Waals surface area contributed by atoms with Gasteiger partial charge in [0.15, 0.2) is 0 Å². The van der Waals surface area contributed by atoms with Crippen molar-refractivity contribution in [3.63, 3.8) is 0 Å². The Morgan fingerprint density at radius 1 is 1.00 bits per heavy atom. The Hall–Kier alpha value is 0.922. The molecule has 0 amide bonds. The topological polar surface area (TPSA) is 135 Å². The minimum atomic E-state index is -5.20. The van der Waals surface area contributed by atoms with Gasteiger partial charge in [0, 0.05) is 20.4 Å². The van der Waals surface area contributed by atoms with Gasteiger partial charge >= 0.3 is 15.2 Å². The molecule has 0 aliphatic heterocycles. The van der Waals surface area contributed by atoms with Crippen LogP contribution in [0, 0.1) is 0 Å². The first-order valence-corrected chi connectivity index (χ1v) is 5.56. The van der Waals surface area contributed by atoms with Crippen LogP contribution in [0.25, 0.3) is 0 Å². The molecular weight excluding hydrogens is 304 g/mol. The molecule has 0 aliphatic rings. The molecule has 0 aromatic rings. The zero-order valence-electron chi connectivity index (χ0n) is 5.76. The monoisotopic (exact) mass is 312 g/mol. The molecule has 0 rings (SSSR count). The summed E-state index contributed by atoms with van der Waals surface area (Å²) in [6.45, 7) is 0.383. The Morgan fingerprint density at radius 3 is 1.17 bits per heavy atom. The van der Waals surface area contributed by atoms with Gasteiger partial charge < -0.3 is 24.7 Å². The Bertz CT molecular complexity index is 212. The summed E-state index contributed by atoms with van der Waals surface area (Å²) in [5.74, 6) is 0. The third-order valence-electron chi connectivity index (χ3n) is 1.10. The Balaban J connectivity index is 0. The van der Waals surface area contributed by atoms with Crippen LogP contribution in [0.5, 0.6) is 0 Å². The van der Waals surface area contributed by atoms with Crippen LogP contribution in [-0.4, -0.2) is 29.8 Å². The van der Waals surface area contributed by atoms with Crippen LogP contribution < -0.4 is 0 Å². The van der Waals surface area contributed by atoms with E-state index in [2.05, 4.69) is 0 Å². The van der Waals surface area contributed by atoms with Gasteiger partial charge in [-0.2, -0.15) is 0 Å². The van der Waals surface area contributed by atoms with Crippen molar-refractivity contribution in [2.45, 2.75) is 12.0 Å². The third-order valence-corrected chi connectivity index (χ3v) is 4.87. The van der Waals surface area contributed by atoms with Crippen molar-refractivity contribution < 1.29 is 54.2 Å². The fourth-order valence-corrected chi connectivity index (χ4v) is 1.53. The maximum Gasteiger partial charge on any atom is 0.369 e. The molecule has 0 unspecified atom stereocenters. The summed E-state index contributed by atoms with van der Waals surface area (Å²) in [5, 5.41) is 5.37. The molecule has 0 radical (unpaired) electrons. The number of aliphatic hydroxyl groups is 1. The van der Waals surface area contributed by atoms with Gasteiger partial charge in [-0.1, -0.05) is 0 Å². The van der Waals surface area contributed by atoms with E-state index < -0.39 is 20.3 Å². The summed E-state index contributed by atoms with van der Waals surface area (Å²) in [6, 6.07) is 0.